The van der Waals surface area contributed by atoms with E-state index in [0.717, 1.165) is 4.68 Å². The summed E-state index contributed by atoms with van der Waals surface area (Å²) in [5.74, 6) is -0.143. The van der Waals surface area contributed by atoms with Crippen molar-refractivity contribution in [3.05, 3.63) is 71.9 Å². The number of anilines is 2. The van der Waals surface area contributed by atoms with Gasteiger partial charge in [0, 0.05) is 11.3 Å². The first kappa shape index (κ1) is 17.2. The van der Waals surface area contributed by atoms with E-state index in [1.54, 1.807) is 54.6 Å². The highest BCUT2D eigenvalue weighted by Crippen LogP contribution is 2.19. The molecule has 0 aliphatic rings. The molecule has 7 heteroatoms. The second-order valence-electron chi connectivity index (χ2n) is 5.44. The lowest BCUT2D eigenvalue weighted by Crippen LogP contribution is -2.18. The lowest BCUT2D eigenvalue weighted by Gasteiger charge is -2.07. The molecule has 7 nitrogen and oxygen atoms in total. The van der Waals surface area contributed by atoms with Crippen LogP contribution in [0, 0.1) is 0 Å². The van der Waals surface area contributed by atoms with Gasteiger partial charge in [0.15, 0.2) is 0 Å². The van der Waals surface area contributed by atoms with Crippen LogP contribution in [0.15, 0.2) is 60.8 Å². The van der Waals surface area contributed by atoms with Gasteiger partial charge in [-0.15, -0.1) is 0 Å². The molecule has 1 heterocycles. The Hall–Kier alpha value is -3.61. The third-order valence-electron chi connectivity index (χ3n) is 3.69. The fraction of sp³-hybridized carbons (Fsp3) is 0.105. The molecule has 0 bridgehead atoms. The number of hydrogen-bond acceptors (Lipinski definition) is 5. The van der Waals surface area contributed by atoms with Crippen LogP contribution in [-0.4, -0.2) is 28.2 Å². The number of nitrogens with one attached hydrogen (secondary N) is 1. The highest BCUT2D eigenvalue weighted by Gasteiger charge is 2.20. The number of hydrogen-bond donors (Lipinski definition) is 2. The predicted octanol–water partition coefficient (Wildman–Crippen LogP) is 2.80. The summed E-state index contributed by atoms with van der Waals surface area (Å²) >= 11 is 0. The van der Waals surface area contributed by atoms with E-state index in [9.17, 15) is 9.59 Å². The van der Waals surface area contributed by atoms with Crippen molar-refractivity contribution < 1.29 is 14.3 Å². The number of nitrogens with two attached hydrogens (primary N) is 1. The molecule has 3 rings (SSSR count). The Kier molecular flexibility index (Phi) is 4.98. The molecule has 0 radical (unpaired) electrons. The van der Waals surface area contributed by atoms with Crippen LogP contribution in [0.4, 0.5) is 11.5 Å². The Morgan fingerprint density at radius 2 is 1.81 bits per heavy atom. The maximum atomic E-state index is 12.4. The van der Waals surface area contributed by atoms with Crippen LogP contribution in [0.25, 0.3) is 0 Å². The number of amides is 1. The van der Waals surface area contributed by atoms with E-state index in [1.807, 2.05) is 6.92 Å². The van der Waals surface area contributed by atoms with E-state index in [0.29, 0.717) is 23.6 Å². The van der Waals surface area contributed by atoms with Gasteiger partial charge >= 0.3 is 0 Å². The molecule has 0 aliphatic carbocycles. The third-order valence-corrected chi connectivity index (χ3v) is 3.69. The average molecular weight is 350 g/mol. The zero-order valence-electron chi connectivity index (χ0n) is 14.2. The number of nitrogen functional groups attached to an aromatic ring is 1. The molecule has 1 amide bonds. The van der Waals surface area contributed by atoms with Crippen LogP contribution in [0.3, 0.4) is 0 Å². The van der Waals surface area contributed by atoms with Crippen molar-refractivity contribution >= 4 is 23.3 Å². The molecular formula is C19H18N4O3. The monoisotopic (exact) mass is 350 g/mol. The fourth-order valence-electron chi connectivity index (χ4n) is 2.40. The van der Waals surface area contributed by atoms with Crippen molar-refractivity contribution in [3.8, 4) is 5.75 Å². The summed E-state index contributed by atoms with van der Waals surface area (Å²) in [5, 5.41) is 6.68. The zero-order chi connectivity index (χ0) is 18.5. The summed E-state index contributed by atoms with van der Waals surface area (Å²) in [6.07, 6.45) is 1.28. The molecular weight excluding hydrogens is 332 g/mol. The van der Waals surface area contributed by atoms with Crippen LogP contribution in [-0.2, 0) is 0 Å². The molecule has 0 aliphatic heterocycles. The van der Waals surface area contributed by atoms with Gasteiger partial charge in [0.1, 0.15) is 17.1 Å². The van der Waals surface area contributed by atoms with Gasteiger partial charge in [-0.3, -0.25) is 9.59 Å². The minimum Gasteiger partial charge on any atom is -0.494 e. The van der Waals surface area contributed by atoms with Crippen molar-refractivity contribution in [2.75, 3.05) is 17.7 Å². The summed E-state index contributed by atoms with van der Waals surface area (Å²) in [7, 11) is 0. The van der Waals surface area contributed by atoms with E-state index in [2.05, 4.69) is 10.4 Å². The van der Waals surface area contributed by atoms with E-state index >= 15 is 0 Å². The van der Waals surface area contributed by atoms with Gasteiger partial charge < -0.3 is 15.8 Å². The minimum atomic E-state index is -0.446. The largest absolute Gasteiger partial charge is 0.494 e. The normalized spacial score (nSPS) is 10.3. The number of nitrogens with zero attached hydrogens (tertiary/aromatic N) is 2. The molecule has 3 aromatic rings. The maximum absolute atomic E-state index is 12.4. The number of benzene rings is 2. The summed E-state index contributed by atoms with van der Waals surface area (Å²) in [6, 6.07) is 15.6. The molecule has 2 aromatic carbocycles. The molecule has 132 valence electrons. The Labute approximate surface area is 150 Å². The molecule has 0 spiro atoms. The van der Waals surface area contributed by atoms with Crippen LogP contribution >= 0.6 is 0 Å². The Bertz CT molecular complexity index is 918. The van der Waals surface area contributed by atoms with Crippen molar-refractivity contribution in [3.63, 3.8) is 0 Å². The summed E-state index contributed by atoms with van der Waals surface area (Å²) in [5.41, 5.74) is 7.10. The van der Waals surface area contributed by atoms with Gasteiger partial charge in [-0.05, 0) is 43.3 Å². The average Bonchev–Trinajstić information content (AvgIpc) is 3.05. The molecule has 1 aromatic heterocycles. The lowest BCUT2D eigenvalue weighted by atomic mass is 10.2. The third kappa shape index (κ3) is 3.56. The number of ether oxygens (including phenoxy) is 1. The van der Waals surface area contributed by atoms with Gasteiger partial charge in [0.25, 0.3) is 11.8 Å². The topological polar surface area (TPSA) is 99.2 Å². The lowest BCUT2D eigenvalue weighted by molar-refractivity contribution is 0.0948. The molecule has 0 unspecified atom stereocenters. The van der Waals surface area contributed by atoms with Crippen molar-refractivity contribution in [1.82, 2.24) is 9.78 Å². The van der Waals surface area contributed by atoms with Gasteiger partial charge in [-0.2, -0.15) is 9.78 Å². The maximum Gasteiger partial charge on any atom is 0.280 e. The fourth-order valence-corrected chi connectivity index (χ4v) is 2.40. The quantitative estimate of drug-likeness (QED) is 0.737. The number of carbonyl (C=O) groups is 2. The summed E-state index contributed by atoms with van der Waals surface area (Å²) < 4.78 is 6.37. The summed E-state index contributed by atoms with van der Waals surface area (Å²) in [6.45, 7) is 2.46. The molecule has 0 saturated heterocycles. The van der Waals surface area contributed by atoms with E-state index in [-0.39, 0.29) is 11.4 Å². The molecule has 3 N–H and O–H groups in total. The second kappa shape index (κ2) is 7.52. The van der Waals surface area contributed by atoms with E-state index in [1.165, 1.54) is 6.20 Å². The SMILES string of the molecule is CCOc1ccc(NC(=O)c2cnn(C(=O)c3ccccc3)c2N)cc1. The first-order valence-electron chi connectivity index (χ1n) is 8.07. The van der Waals surface area contributed by atoms with Crippen molar-refractivity contribution in [1.29, 1.82) is 0 Å². The molecule has 0 saturated carbocycles. The minimum absolute atomic E-state index is 0.0118. The van der Waals surface area contributed by atoms with Gasteiger partial charge in [-0.25, -0.2) is 0 Å². The number of carbonyl (C=O) groups excluding carboxylic acids is 2. The second-order valence-corrected chi connectivity index (χ2v) is 5.44. The number of rotatable bonds is 5. The number of aromatic nitrogens is 2. The van der Waals surface area contributed by atoms with Crippen LogP contribution in [0.5, 0.6) is 5.75 Å². The van der Waals surface area contributed by atoms with Crippen LogP contribution < -0.4 is 15.8 Å². The van der Waals surface area contributed by atoms with Crippen molar-refractivity contribution in [2.24, 2.45) is 0 Å². The standard InChI is InChI=1S/C19H18N4O3/c1-2-26-15-10-8-14(9-11-15)22-18(24)16-12-21-23(17(16)20)19(25)13-6-4-3-5-7-13/h3-12H,2,20H2,1H3,(H,22,24). The molecule has 0 fully saturated rings. The van der Waals surface area contributed by atoms with Gasteiger partial charge in [-0.1, -0.05) is 18.2 Å². The molecule has 0 atom stereocenters. The van der Waals surface area contributed by atoms with Gasteiger partial charge in [0.2, 0.25) is 0 Å². The predicted molar refractivity (Wildman–Crippen MR) is 98.4 cm³/mol. The first-order chi connectivity index (χ1) is 12.6. The Morgan fingerprint density at radius 1 is 1.12 bits per heavy atom. The zero-order valence-corrected chi connectivity index (χ0v) is 14.2. The van der Waals surface area contributed by atoms with E-state index < -0.39 is 11.8 Å². The first-order valence-corrected chi connectivity index (χ1v) is 8.07. The van der Waals surface area contributed by atoms with E-state index in [4.69, 9.17) is 10.5 Å². The highest BCUT2D eigenvalue weighted by atomic mass is 16.5. The van der Waals surface area contributed by atoms with Crippen LogP contribution in [0.2, 0.25) is 0 Å². The highest BCUT2D eigenvalue weighted by molar-refractivity contribution is 6.09. The van der Waals surface area contributed by atoms with Crippen molar-refractivity contribution in [2.45, 2.75) is 6.92 Å². The molecule has 26 heavy (non-hydrogen) atoms. The Morgan fingerprint density at radius 3 is 2.46 bits per heavy atom. The Balaban J connectivity index is 1.76. The summed E-state index contributed by atoms with van der Waals surface area (Å²) in [4.78, 5) is 24.9. The smallest absolute Gasteiger partial charge is 0.280 e. The van der Waals surface area contributed by atoms with Gasteiger partial charge in [0.05, 0.1) is 12.8 Å². The van der Waals surface area contributed by atoms with Crippen LogP contribution in [0.1, 0.15) is 27.6 Å².